The summed E-state index contributed by atoms with van der Waals surface area (Å²) in [6.07, 6.45) is 7.53. The van der Waals surface area contributed by atoms with Gasteiger partial charge in [-0.25, -0.2) is 4.68 Å². The molecule has 1 aromatic carbocycles. The number of rotatable bonds is 7. The van der Waals surface area contributed by atoms with Crippen LogP contribution in [-0.2, 0) is 11.3 Å². The number of aromatic nitrogens is 2. The molecule has 0 bridgehead atoms. The van der Waals surface area contributed by atoms with Gasteiger partial charge in [-0.3, -0.25) is 9.69 Å². The molecule has 1 aromatic heterocycles. The molecule has 6 heteroatoms. The molecule has 2 fully saturated rings. The van der Waals surface area contributed by atoms with Crippen LogP contribution in [0.3, 0.4) is 0 Å². The van der Waals surface area contributed by atoms with E-state index >= 15 is 0 Å². The van der Waals surface area contributed by atoms with Crippen LogP contribution in [-0.4, -0.2) is 62.9 Å². The topological polar surface area (TPSA) is 61.6 Å². The van der Waals surface area contributed by atoms with Gasteiger partial charge in [0, 0.05) is 38.6 Å². The van der Waals surface area contributed by atoms with Crippen molar-refractivity contribution in [3.05, 3.63) is 48.3 Å². The van der Waals surface area contributed by atoms with Crippen molar-refractivity contribution in [1.82, 2.24) is 19.6 Å². The van der Waals surface area contributed by atoms with Gasteiger partial charge in [0.2, 0.25) is 0 Å². The van der Waals surface area contributed by atoms with Gasteiger partial charge in [-0.05, 0) is 62.4 Å². The highest BCUT2D eigenvalue weighted by molar-refractivity contribution is 5.86. The lowest BCUT2D eigenvalue weighted by molar-refractivity contribution is -0.159. The van der Waals surface area contributed by atoms with Crippen LogP contribution in [0.4, 0.5) is 0 Å². The molecule has 4 rings (SSSR count). The van der Waals surface area contributed by atoms with Gasteiger partial charge in [-0.1, -0.05) is 12.1 Å². The second-order valence-corrected chi connectivity index (χ2v) is 8.12. The van der Waals surface area contributed by atoms with Crippen LogP contribution >= 0.6 is 0 Å². The van der Waals surface area contributed by atoms with E-state index in [-0.39, 0.29) is 5.91 Å². The lowest BCUT2D eigenvalue weighted by atomic mass is 9.91. The van der Waals surface area contributed by atoms with E-state index < -0.39 is 5.60 Å². The Balaban J connectivity index is 1.40. The molecule has 1 amide bonds. The molecule has 2 aliphatic rings. The Hall–Kier alpha value is -2.18. The quantitative estimate of drug-likeness (QED) is 0.813. The molecule has 1 atom stereocenters. The summed E-state index contributed by atoms with van der Waals surface area (Å²) in [5.74, 6) is 0.567. The van der Waals surface area contributed by atoms with Gasteiger partial charge in [-0.2, -0.15) is 5.10 Å². The molecule has 0 radical (unpaired) electrons. The van der Waals surface area contributed by atoms with Gasteiger partial charge >= 0.3 is 0 Å². The third-order valence-corrected chi connectivity index (χ3v) is 5.54. The minimum Gasteiger partial charge on any atom is -0.379 e. The SMILES string of the molecule is CN(Cc1cccc(-n2cccn2)c1)C[C@@]1(O)CCCN(CC2CC2)C1=O. The smallest absolute Gasteiger partial charge is 0.255 e. The highest BCUT2D eigenvalue weighted by Crippen LogP contribution is 2.32. The van der Waals surface area contributed by atoms with Crippen LogP contribution in [0, 0.1) is 5.92 Å². The van der Waals surface area contributed by atoms with E-state index in [1.807, 2.05) is 45.9 Å². The Labute approximate surface area is 160 Å². The number of carbonyl (C=O) groups is 1. The van der Waals surface area contributed by atoms with Crippen molar-refractivity contribution < 1.29 is 9.90 Å². The number of benzene rings is 1. The zero-order chi connectivity index (χ0) is 18.9. The third-order valence-electron chi connectivity index (χ3n) is 5.54. The maximum absolute atomic E-state index is 12.8. The molecule has 6 nitrogen and oxygen atoms in total. The second-order valence-electron chi connectivity index (χ2n) is 8.12. The molecular formula is C21H28N4O2. The molecule has 0 spiro atoms. The Kier molecular flexibility index (Phi) is 5.02. The van der Waals surface area contributed by atoms with Gasteiger partial charge < -0.3 is 10.0 Å². The fraction of sp³-hybridized carbons (Fsp3) is 0.524. The van der Waals surface area contributed by atoms with Gasteiger partial charge in [0.1, 0.15) is 0 Å². The maximum Gasteiger partial charge on any atom is 0.255 e. The Morgan fingerprint density at radius 2 is 2.19 bits per heavy atom. The van der Waals surface area contributed by atoms with E-state index in [2.05, 4.69) is 17.2 Å². The summed E-state index contributed by atoms with van der Waals surface area (Å²) in [6, 6.07) is 10.1. The van der Waals surface area contributed by atoms with E-state index in [0.29, 0.717) is 25.4 Å². The van der Waals surface area contributed by atoms with Crippen molar-refractivity contribution in [2.24, 2.45) is 5.92 Å². The van der Waals surface area contributed by atoms with Crippen LogP contribution in [0.1, 0.15) is 31.2 Å². The summed E-state index contributed by atoms with van der Waals surface area (Å²) in [5, 5.41) is 15.3. The summed E-state index contributed by atoms with van der Waals surface area (Å²) in [7, 11) is 1.96. The predicted molar refractivity (Wildman–Crippen MR) is 103 cm³/mol. The minimum absolute atomic E-state index is 0.0854. The zero-order valence-electron chi connectivity index (χ0n) is 15.9. The van der Waals surface area contributed by atoms with Crippen LogP contribution < -0.4 is 0 Å². The average Bonchev–Trinajstić information content (AvgIpc) is 3.28. The molecule has 2 heterocycles. The number of hydrogen-bond donors (Lipinski definition) is 1. The Morgan fingerprint density at radius 1 is 1.33 bits per heavy atom. The fourth-order valence-corrected chi connectivity index (χ4v) is 4.03. The summed E-state index contributed by atoms with van der Waals surface area (Å²) in [6.45, 7) is 2.64. The van der Waals surface area contributed by atoms with Crippen LogP contribution in [0.25, 0.3) is 5.69 Å². The predicted octanol–water partition coefficient (Wildman–Crippen LogP) is 2.07. The van der Waals surface area contributed by atoms with E-state index in [9.17, 15) is 9.90 Å². The highest BCUT2D eigenvalue weighted by Gasteiger charge is 2.44. The van der Waals surface area contributed by atoms with Gasteiger partial charge in [0.25, 0.3) is 5.91 Å². The van der Waals surface area contributed by atoms with E-state index in [1.165, 1.54) is 12.8 Å². The molecule has 2 aromatic rings. The monoisotopic (exact) mass is 368 g/mol. The Bertz CT molecular complexity index is 787. The first-order valence-electron chi connectivity index (χ1n) is 9.83. The van der Waals surface area contributed by atoms with Crippen molar-refractivity contribution in [3.63, 3.8) is 0 Å². The number of amides is 1. The first-order chi connectivity index (χ1) is 13.0. The zero-order valence-corrected chi connectivity index (χ0v) is 15.9. The maximum atomic E-state index is 12.8. The number of carbonyl (C=O) groups excluding carboxylic acids is 1. The molecule has 1 saturated carbocycles. The summed E-state index contributed by atoms with van der Waals surface area (Å²) in [5.41, 5.74) is 0.878. The fourth-order valence-electron chi connectivity index (χ4n) is 4.03. The average molecular weight is 368 g/mol. The molecule has 144 valence electrons. The largest absolute Gasteiger partial charge is 0.379 e. The van der Waals surface area contributed by atoms with Crippen molar-refractivity contribution in [3.8, 4) is 5.69 Å². The normalized spacial score (nSPS) is 23.2. The number of piperidine rings is 1. The minimum atomic E-state index is -1.26. The molecule has 1 aliphatic heterocycles. The number of nitrogens with zero attached hydrogens (tertiary/aromatic N) is 4. The number of aliphatic hydroxyl groups is 1. The van der Waals surface area contributed by atoms with Gasteiger partial charge in [0.05, 0.1) is 5.69 Å². The van der Waals surface area contributed by atoms with E-state index in [4.69, 9.17) is 0 Å². The molecule has 1 N–H and O–H groups in total. The molecular weight excluding hydrogens is 340 g/mol. The second kappa shape index (κ2) is 7.44. The van der Waals surface area contributed by atoms with Crippen LogP contribution in [0.2, 0.25) is 0 Å². The van der Waals surface area contributed by atoms with E-state index in [0.717, 1.165) is 30.8 Å². The van der Waals surface area contributed by atoms with Crippen LogP contribution in [0.5, 0.6) is 0 Å². The van der Waals surface area contributed by atoms with Gasteiger partial charge in [0.15, 0.2) is 5.60 Å². The molecule has 1 aliphatic carbocycles. The molecule has 0 unspecified atom stereocenters. The summed E-state index contributed by atoms with van der Waals surface area (Å²) >= 11 is 0. The van der Waals surface area contributed by atoms with E-state index in [1.54, 1.807) is 6.20 Å². The Morgan fingerprint density at radius 3 is 2.93 bits per heavy atom. The highest BCUT2D eigenvalue weighted by atomic mass is 16.3. The molecule has 1 saturated heterocycles. The third kappa shape index (κ3) is 4.22. The molecule has 27 heavy (non-hydrogen) atoms. The lowest BCUT2D eigenvalue weighted by Crippen LogP contribution is -2.58. The summed E-state index contributed by atoms with van der Waals surface area (Å²) < 4.78 is 1.83. The van der Waals surface area contributed by atoms with Crippen LogP contribution in [0.15, 0.2) is 42.7 Å². The van der Waals surface area contributed by atoms with Crippen molar-refractivity contribution in [2.45, 2.75) is 37.8 Å². The number of hydrogen-bond acceptors (Lipinski definition) is 4. The first-order valence-corrected chi connectivity index (χ1v) is 9.83. The van der Waals surface area contributed by atoms with Crippen molar-refractivity contribution in [2.75, 3.05) is 26.7 Å². The first kappa shape index (κ1) is 18.2. The standard InChI is InChI=1S/C21H28N4O2/c1-23(14-18-5-2-6-19(13-18)25-12-4-10-22-25)16-21(27)9-3-11-24(20(21)26)15-17-7-8-17/h2,4-6,10,12-13,17,27H,3,7-9,11,14-16H2,1H3/t21-/m0/s1. The summed E-state index contributed by atoms with van der Waals surface area (Å²) in [4.78, 5) is 16.8. The van der Waals surface area contributed by atoms with Gasteiger partial charge in [-0.15, -0.1) is 0 Å². The van der Waals surface area contributed by atoms with Crippen molar-refractivity contribution >= 4 is 5.91 Å². The number of likely N-dealkylation sites (N-methyl/N-ethyl adjacent to an activating group) is 1. The number of likely N-dealkylation sites (tertiary alicyclic amines) is 1. The lowest BCUT2D eigenvalue weighted by Gasteiger charge is -2.40. The van der Waals surface area contributed by atoms with Crippen molar-refractivity contribution in [1.29, 1.82) is 0 Å².